The number of likely N-dealkylation sites (N-methyl/N-ethyl adjacent to an activating group) is 1. The first-order valence-electron chi connectivity index (χ1n) is 5.33. The predicted octanol–water partition coefficient (Wildman–Crippen LogP) is 0.349. The molecule has 0 aliphatic carbocycles. The minimum Gasteiger partial charge on any atom is -0.313 e. The zero-order valence-corrected chi connectivity index (χ0v) is 11.3. The number of hydrogen-bond acceptors (Lipinski definition) is 4. The fourth-order valence-corrected chi connectivity index (χ4v) is 1.71. The van der Waals surface area contributed by atoms with E-state index in [0.29, 0.717) is 18.6 Å². The highest BCUT2D eigenvalue weighted by Crippen LogP contribution is 1.96. The van der Waals surface area contributed by atoms with Crippen molar-refractivity contribution in [2.24, 2.45) is 0 Å². The van der Waals surface area contributed by atoms with E-state index in [9.17, 15) is 8.42 Å². The molecule has 0 aromatic carbocycles. The molecule has 1 unspecified atom stereocenters. The molecule has 92 valence electrons. The standard InChI is InChI=1S/C10H24N2O2S/c1-9(2)11-8-10(3)12(4)6-7-15(5,13)14/h9-11H,6-8H2,1-5H3. The molecule has 0 aliphatic rings. The minimum atomic E-state index is -2.85. The topological polar surface area (TPSA) is 49.4 Å². The highest BCUT2D eigenvalue weighted by Gasteiger charge is 2.11. The number of nitrogens with zero attached hydrogens (tertiary/aromatic N) is 1. The van der Waals surface area contributed by atoms with Gasteiger partial charge in [0.05, 0.1) is 5.75 Å². The van der Waals surface area contributed by atoms with Gasteiger partial charge in [-0.2, -0.15) is 0 Å². The Morgan fingerprint density at radius 1 is 1.27 bits per heavy atom. The molecule has 0 spiro atoms. The van der Waals surface area contributed by atoms with Crippen LogP contribution in [-0.4, -0.2) is 57.5 Å². The van der Waals surface area contributed by atoms with E-state index >= 15 is 0 Å². The van der Waals surface area contributed by atoms with Crippen molar-refractivity contribution < 1.29 is 8.42 Å². The summed E-state index contributed by atoms with van der Waals surface area (Å²) in [5.41, 5.74) is 0. The second kappa shape index (κ2) is 6.45. The van der Waals surface area contributed by atoms with Crippen molar-refractivity contribution in [2.45, 2.75) is 32.9 Å². The average molecular weight is 236 g/mol. The molecule has 0 fully saturated rings. The second-order valence-corrected chi connectivity index (χ2v) is 6.78. The van der Waals surface area contributed by atoms with Crippen LogP contribution in [0.1, 0.15) is 20.8 Å². The molecule has 0 aliphatic heterocycles. The van der Waals surface area contributed by atoms with Gasteiger partial charge in [-0.15, -0.1) is 0 Å². The maximum Gasteiger partial charge on any atom is 0.148 e. The van der Waals surface area contributed by atoms with Gasteiger partial charge in [-0.25, -0.2) is 8.42 Å². The lowest BCUT2D eigenvalue weighted by atomic mass is 10.2. The van der Waals surface area contributed by atoms with Gasteiger partial charge in [-0.1, -0.05) is 13.8 Å². The third-order valence-electron chi connectivity index (χ3n) is 2.39. The van der Waals surface area contributed by atoms with Crippen LogP contribution < -0.4 is 5.32 Å². The molecular formula is C10H24N2O2S. The van der Waals surface area contributed by atoms with Crippen LogP contribution in [-0.2, 0) is 9.84 Å². The minimum absolute atomic E-state index is 0.232. The summed E-state index contributed by atoms with van der Waals surface area (Å²) in [6, 6.07) is 0.824. The number of sulfone groups is 1. The predicted molar refractivity (Wildman–Crippen MR) is 64.9 cm³/mol. The number of hydrogen-bond donors (Lipinski definition) is 1. The Kier molecular flexibility index (Phi) is 6.40. The quantitative estimate of drug-likeness (QED) is 0.693. The Labute approximate surface area is 94.0 Å². The average Bonchev–Trinajstić information content (AvgIpc) is 2.08. The molecule has 0 aromatic rings. The summed E-state index contributed by atoms with van der Waals surface area (Å²) in [5, 5.41) is 3.33. The van der Waals surface area contributed by atoms with Crippen molar-refractivity contribution in [3.63, 3.8) is 0 Å². The fraction of sp³-hybridized carbons (Fsp3) is 1.00. The van der Waals surface area contributed by atoms with Crippen LogP contribution >= 0.6 is 0 Å². The summed E-state index contributed by atoms with van der Waals surface area (Å²) in [4.78, 5) is 2.07. The van der Waals surface area contributed by atoms with Gasteiger partial charge < -0.3 is 10.2 Å². The lowest BCUT2D eigenvalue weighted by Crippen LogP contribution is -2.41. The van der Waals surface area contributed by atoms with Gasteiger partial charge in [0.1, 0.15) is 9.84 Å². The summed E-state index contributed by atoms with van der Waals surface area (Å²) in [5.74, 6) is 0.232. The third kappa shape index (κ3) is 8.84. The molecular weight excluding hydrogens is 212 g/mol. The Morgan fingerprint density at radius 3 is 2.20 bits per heavy atom. The van der Waals surface area contributed by atoms with Crippen LogP contribution in [0.2, 0.25) is 0 Å². The first kappa shape index (κ1) is 14.9. The van der Waals surface area contributed by atoms with Gasteiger partial charge >= 0.3 is 0 Å². The van der Waals surface area contributed by atoms with Gasteiger partial charge in [0, 0.05) is 31.4 Å². The normalized spacial score (nSPS) is 14.9. The Morgan fingerprint density at radius 2 is 1.80 bits per heavy atom. The van der Waals surface area contributed by atoms with Gasteiger partial charge in [0.15, 0.2) is 0 Å². The molecule has 4 nitrogen and oxygen atoms in total. The van der Waals surface area contributed by atoms with E-state index in [0.717, 1.165) is 6.54 Å². The summed E-state index contributed by atoms with van der Waals surface area (Å²) >= 11 is 0. The van der Waals surface area contributed by atoms with Crippen molar-refractivity contribution in [3.05, 3.63) is 0 Å². The molecule has 0 radical (unpaired) electrons. The van der Waals surface area contributed by atoms with Crippen LogP contribution in [0, 0.1) is 0 Å². The molecule has 0 bridgehead atoms. The molecule has 0 amide bonds. The van der Waals surface area contributed by atoms with E-state index in [-0.39, 0.29) is 5.75 Å². The molecule has 0 saturated heterocycles. The fourth-order valence-electron chi connectivity index (χ4n) is 1.09. The van der Waals surface area contributed by atoms with Gasteiger partial charge in [0.2, 0.25) is 0 Å². The van der Waals surface area contributed by atoms with Crippen molar-refractivity contribution in [3.8, 4) is 0 Å². The highest BCUT2D eigenvalue weighted by molar-refractivity contribution is 7.90. The van der Waals surface area contributed by atoms with Crippen molar-refractivity contribution in [2.75, 3.05) is 32.1 Å². The van der Waals surface area contributed by atoms with E-state index in [4.69, 9.17) is 0 Å². The first-order chi connectivity index (χ1) is 6.72. The number of nitrogens with one attached hydrogen (secondary N) is 1. The van der Waals surface area contributed by atoms with Crippen molar-refractivity contribution in [1.29, 1.82) is 0 Å². The van der Waals surface area contributed by atoms with Gasteiger partial charge in [-0.05, 0) is 14.0 Å². The summed E-state index contributed by atoms with van der Waals surface area (Å²) in [6.45, 7) is 7.78. The molecule has 1 atom stereocenters. The Hall–Kier alpha value is -0.130. The monoisotopic (exact) mass is 236 g/mol. The molecule has 0 saturated carbocycles. The van der Waals surface area contributed by atoms with Gasteiger partial charge in [0.25, 0.3) is 0 Å². The Balaban J connectivity index is 3.84. The van der Waals surface area contributed by atoms with Crippen LogP contribution in [0.3, 0.4) is 0 Å². The SMILES string of the molecule is CC(C)NCC(C)N(C)CCS(C)(=O)=O. The third-order valence-corrected chi connectivity index (χ3v) is 3.31. The van der Waals surface area contributed by atoms with Crippen LogP contribution in [0.5, 0.6) is 0 Å². The van der Waals surface area contributed by atoms with Crippen LogP contribution in [0.25, 0.3) is 0 Å². The van der Waals surface area contributed by atoms with E-state index in [1.807, 2.05) is 7.05 Å². The smallest absolute Gasteiger partial charge is 0.148 e. The Bertz CT molecular complexity index is 263. The maximum atomic E-state index is 11.0. The van der Waals surface area contributed by atoms with Gasteiger partial charge in [-0.3, -0.25) is 0 Å². The maximum absolute atomic E-state index is 11.0. The summed E-state index contributed by atoms with van der Waals surface area (Å²) < 4.78 is 22.0. The molecule has 0 rings (SSSR count). The zero-order valence-electron chi connectivity index (χ0n) is 10.4. The lowest BCUT2D eigenvalue weighted by Gasteiger charge is -2.25. The lowest BCUT2D eigenvalue weighted by molar-refractivity contribution is 0.260. The van der Waals surface area contributed by atoms with E-state index < -0.39 is 9.84 Å². The van der Waals surface area contributed by atoms with Crippen LogP contribution in [0.15, 0.2) is 0 Å². The molecule has 5 heteroatoms. The molecule has 0 heterocycles. The molecule has 15 heavy (non-hydrogen) atoms. The summed E-state index contributed by atoms with van der Waals surface area (Å²) in [6.07, 6.45) is 1.28. The largest absolute Gasteiger partial charge is 0.313 e. The summed E-state index contributed by atoms with van der Waals surface area (Å²) in [7, 11) is -0.890. The highest BCUT2D eigenvalue weighted by atomic mass is 32.2. The van der Waals surface area contributed by atoms with E-state index in [2.05, 4.69) is 31.0 Å². The number of rotatable bonds is 7. The zero-order chi connectivity index (χ0) is 12.1. The first-order valence-corrected chi connectivity index (χ1v) is 7.39. The van der Waals surface area contributed by atoms with E-state index in [1.54, 1.807) is 0 Å². The second-order valence-electron chi connectivity index (χ2n) is 4.52. The van der Waals surface area contributed by atoms with E-state index in [1.165, 1.54) is 6.26 Å². The molecule has 0 aromatic heterocycles. The van der Waals surface area contributed by atoms with Crippen LogP contribution in [0.4, 0.5) is 0 Å². The molecule has 1 N–H and O–H groups in total. The van der Waals surface area contributed by atoms with Crippen molar-refractivity contribution in [1.82, 2.24) is 10.2 Å². The van der Waals surface area contributed by atoms with Crippen molar-refractivity contribution >= 4 is 9.84 Å².